The lowest BCUT2D eigenvalue weighted by Crippen LogP contribution is -2.52. The van der Waals surface area contributed by atoms with Gasteiger partial charge in [-0.25, -0.2) is 9.59 Å². The van der Waals surface area contributed by atoms with Crippen LogP contribution < -0.4 is 5.73 Å². The van der Waals surface area contributed by atoms with Crippen LogP contribution in [-0.2, 0) is 9.47 Å². The highest BCUT2D eigenvalue weighted by atomic mass is 16.6. The van der Waals surface area contributed by atoms with Crippen LogP contribution in [0.5, 0.6) is 0 Å². The molecule has 120 valence electrons. The van der Waals surface area contributed by atoms with Crippen LogP contribution in [0.2, 0.25) is 0 Å². The molecule has 2 rings (SSSR count). The van der Waals surface area contributed by atoms with E-state index < -0.39 is 11.2 Å². The van der Waals surface area contributed by atoms with Crippen molar-refractivity contribution >= 4 is 12.2 Å². The van der Waals surface area contributed by atoms with E-state index in [0.717, 1.165) is 6.42 Å². The van der Waals surface area contributed by atoms with Gasteiger partial charge in [-0.3, -0.25) is 0 Å². The van der Waals surface area contributed by atoms with E-state index in [9.17, 15) is 9.59 Å². The minimum atomic E-state index is -0.556. The van der Waals surface area contributed by atoms with E-state index in [-0.39, 0.29) is 12.2 Å². The summed E-state index contributed by atoms with van der Waals surface area (Å²) in [5, 5.41) is 0. The van der Waals surface area contributed by atoms with Crippen molar-refractivity contribution in [3.63, 3.8) is 0 Å². The molecule has 2 fully saturated rings. The Balaban J connectivity index is 1.93. The van der Waals surface area contributed by atoms with Gasteiger partial charge in [0.05, 0.1) is 6.54 Å². The van der Waals surface area contributed by atoms with Gasteiger partial charge in [0.1, 0.15) is 11.2 Å². The monoisotopic (exact) mass is 299 g/mol. The Hall–Kier alpha value is -1.50. The number of hydrogen-bond acceptors (Lipinski definition) is 5. The van der Waals surface area contributed by atoms with Gasteiger partial charge in [0.2, 0.25) is 0 Å². The molecule has 2 saturated heterocycles. The zero-order valence-electron chi connectivity index (χ0n) is 13.1. The third-order valence-electron chi connectivity index (χ3n) is 3.77. The SMILES string of the molecule is CC(C)(C)OC(=O)N1CCC2(CCN(CCN)C(=O)O2)C1. The van der Waals surface area contributed by atoms with E-state index in [1.54, 1.807) is 9.80 Å². The van der Waals surface area contributed by atoms with Gasteiger partial charge in [-0.2, -0.15) is 0 Å². The fourth-order valence-corrected chi connectivity index (χ4v) is 2.70. The summed E-state index contributed by atoms with van der Waals surface area (Å²) in [7, 11) is 0. The fraction of sp³-hybridized carbons (Fsp3) is 0.857. The van der Waals surface area contributed by atoms with Gasteiger partial charge in [-0.1, -0.05) is 0 Å². The van der Waals surface area contributed by atoms with Gasteiger partial charge in [0.15, 0.2) is 0 Å². The summed E-state index contributed by atoms with van der Waals surface area (Å²) in [4.78, 5) is 27.3. The Kier molecular flexibility index (Phi) is 4.32. The van der Waals surface area contributed by atoms with E-state index in [1.165, 1.54) is 0 Å². The summed E-state index contributed by atoms with van der Waals surface area (Å²) in [5.41, 5.74) is 4.39. The second-order valence-corrected chi connectivity index (χ2v) is 6.73. The van der Waals surface area contributed by atoms with Crippen LogP contribution in [0.1, 0.15) is 33.6 Å². The van der Waals surface area contributed by atoms with E-state index in [1.807, 2.05) is 20.8 Å². The van der Waals surface area contributed by atoms with E-state index in [0.29, 0.717) is 39.1 Å². The fourth-order valence-electron chi connectivity index (χ4n) is 2.70. The number of carbonyl (C=O) groups is 2. The van der Waals surface area contributed by atoms with E-state index >= 15 is 0 Å². The molecule has 0 aromatic heterocycles. The molecule has 2 N–H and O–H groups in total. The summed E-state index contributed by atoms with van der Waals surface area (Å²) in [6.07, 6.45) is 0.699. The standard InChI is InChI=1S/C14H25N3O4/c1-13(2,3)20-12(19)17-8-5-14(10-17)4-7-16(9-6-15)11(18)21-14/h4-10,15H2,1-3H3. The first-order valence-electron chi connectivity index (χ1n) is 7.41. The molecule has 0 aromatic rings. The maximum Gasteiger partial charge on any atom is 0.410 e. The second kappa shape index (κ2) is 5.71. The molecule has 0 radical (unpaired) electrons. The molecular formula is C14H25N3O4. The highest BCUT2D eigenvalue weighted by Gasteiger charge is 2.47. The average molecular weight is 299 g/mol. The molecule has 7 heteroatoms. The van der Waals surface area contributed by atoms with Crippen LogP contribution in [0, 0.1) is 0 Å². The molecule has 0 aliphatic carbocycles. The maximum absolute atomic E-state index is 12.1. The quantitative estimate of drug-likeness (QED) is 0.827. The Labute approximate surface area is 125 Å². The van der Waals surface area contributed by atoms with Crippen LogP contribution in [0.4, 0.5) is 9.59 Å². The van der Waals surface area contributed by atoms with Crippen LogP contribution in [0.25, 0.3) is 0 Å². The Morgan fingerprint density at radius 2 is 2.05 bits per heavy atom. The minimum Gasteiger partial charge on any atom is -0.444 e. The van der Waals surface area contributed by atoms with Crippen molar-refractivity contribution in [2.45, 2.75) is 44.8 Å². The molecular weight excluding hydrogens is 274 g/mol. The zero-order chi connectivity index (χ0) is 15.7. The van der Waals surface area contributed by atoms with Crippen LogP contribution in [0.3, 0.4) is 0 Å². The lowest BCUT2D eigenvalue weighted by Gasteiger charge is -2.38. The predicted octanol–water partition coefficient (Wildman–Crippen LogP) is 1.17. The van der Waals surface area contributed by atoms with Crippen molar-refractivity contribution in [2.24, 2.45) is 5.73 Å². The van der Waals surface area contributed by atoms with Crippen molar-refractivity contribution < 1.29 is 19.1 Å². The summed E-state index contributed by atoms with van der Waals surface area (Å²) < 4.78 is 11.0. The highest BCUT2D eigenvalue weighted by molar-refractivity contribution is 5.71. The molecule has 0 saturated carbocycles. The van der Waals surface area contributed by atoms with Gasteiger partial charge in [0.25, 0.3) is 0 Å². The topological polar surface area (TPSA) is 85.1 Å². The molecule has 21 heavy (non-hydrogen) atoms. The van der Waals surface area contributed by atoms with Crippen molar-refractivity contribution in [1.29, 1.82) is 0 Å². The number of carbonyl (C=O) groups excluding carboxylic acids is 2. The number of amides is 2. The van der Waals surface area contributed by atoms with Gasteiger partial charge in [-0.15, -0.1) is 0 Å². The van der Waals surface area contributed by atoms with Gasteiger partial charge >= 0.3 is 12.2 Å². The molecule has 2 heterocycles. The first-order chi connectivity index (χ1) is 9.75. The molecule has 0 aromatic carbocycles. The van der Waals surface area contributed by atoms with Gasteiger partial charge in [0, 0.05) is 39.0 Å². The molecule has 1 spiro atoms. The van der Waals surface area contributed by atoms with E-state index in [4.69, 9.17) is 15.2 Å². The normalized spacial score (nSPS) is 26.2. The molecule has 1 unspecified atom stereocenters. The molecule has 2 aliphatic heterocycles. The third kappa shape index (κ3) is 3.78. The van der Waals surface area contributed by atoms with Crippen LogP contribution >= 0.6 is 0 Å². The third-order valence-corrected chi connectivity index (χ3v) is 3.77. The van der Waals surface area contributed by atoms with Gasteiger partial charge < -0.3 is 25.0 Å². The first kappa shape index (κ1) is 15.9. The van der Waals surface area contributed by atoms with Crippen LogP contribution in [-0.4, -0.2) is 65.9 Å². The molecule has 2 amide bonds. The predicted molar refractivity (Wildman–Crippen MR) is 76.9 cm³/mol. The highest BCUT2D eigenvalue weighted by Crippen LogP contribution is 2.33. The van der Waals surface area contributed by atoms with Gasteiger partial charge in [-0.05, 0) is 20.8 Å². The Morgan fingerprint density at radius 1 is 1.38 bits per heavy atom. The lowest BCUT2D eigenvalue weighted by atomic mass is 9.97. The van der Waals surface area contributed by atoms with Crippen molar-refractivity contribution in [3.05, 3.63) is 0 Å². The molecule has 1 atom stereocenters. The largest absolute Gasteiger partial charge is 0.444 e. The number of rotatable bonds is 2. The maximum atomic E-state index is 12.1. The first-order valence-corrected chi connectivity index (χ1v) is 7.41. The number of hydrogen-bond donors (Lipinski definition) is 1. The Bertz CT molecular complexity index is 421. The molecule has 0 bridgehead atoms. The molecule has 7 nitrogen and oxygen atoms in total. The Morgan fingerprint density at radius 3 is 2.62 bits per heavy atom. The second-order valence-electron chi connectivity index (χ2n) is 6.73. The number of ether oxygens (including phenoxy) is 2. The lowest BCUT2D eigenvalue weighted by molar-refractivity contribution is -0.0428. The summed E-state index contributed by atoms with van der Waals surface area (Å²) in [6, 6.07) is 0. The summed E-state index contributed by atoms with van der Waals surface area (Å²) in [5.74, 6) is 0. The summed E-state index contributed by atoms with van der Waals surface area (Å²) in [6.45, 7) is 8.02. The van der Waals surface area contributed by atoms with Crippen molar-refractivity contribution in [1.82, 2.24) is 9.80 Å². The zero-order valence-corrected chi connectivity index (χ0v) is 13.1. The van der Waals surface area contributed by atoms with E-state index in [2.05, 4.69) is 0 Å². The average Bonchev–Trinajstić information content (AvgIpc) is 2.75. The minimum absolute atomic E-state index is 0.335. The smallest absolute Gasteiger partial charge is 0.410 e. The van der Waals surface area contributed by atoms with Crippen LogP contribution in [0.15, 0.2) is 0 Å². The number of nitrogens with zero attached hydrogens (tertiary/aromatic N) is 2. The number of likely N-dealkylation sites (tertiary alicyclic amines) is 1. The number of nitrogens with two attached hydrogens (primary N) is 1. The molecule has 2 aliphatic rings. The van der Waals surface area contributed by atoms with Crippen molar-refractivity contribution in [2.75, 3.05) is 32.7 Å². The van der Waals surface area contributed by atoms with Crippen molar-refractivity contribution in [3.8, 4) is 0 Å². The summed E-state index contributed by atoms with van der Waals surface area (Å²) >= 11 is 0.